The Hall–Kier alpha value is -0.350. The van der Waals surface area contributed by atoms with Crippen LogP contribution in [0.4, 0.5) is 0 Å². The molecule has 0 amide bonds. The fraction of sp³-hybridized carbons (Fsp3) is 0.714. The molecule has 0 aliphatic heterocycles. The second-order valence-electron chi connectivity index (χ2n) is 9.62. The van der Waals surface area contributed by atoms with Crippen LogP contribution in [0.1, 0.15) is 64.9 Å². The second-order valence-corrected chi connectivity index (χ2v) is 10.5. The van der Waals surface area contributed by atoms with Gasteiger partial charge in [-0.15, -0.1) is 9.24 Å². The van der Waals surface area contributed by atoms with Gasteiger partial charge in [0.2, 0.25) is 0 Å². The van der Waals surface area contributed by atoms with Crippen molar-refractivity contribution >= 4 is 9.24 Å². The summed E-state index contributed by atoms with van der Waals surface area (Å²) in [4.78, 5) is 0. The average molecular weight is 314 g/mol. The predicted molar refractivity (Wildman–Crippen MR) is 97.9 cm³/mol. The first-order chi connectivity index (χ1) is 10.3. The fourth-order valence-electron chi connectivity index (χ4n) is 6.83. The molecule has 2 atom stereocenters. The number of hydrogen-bond acceptors (Lipinski definition) is 0. The zero-order chi connectivity index (χ0) is 15.6. The Bertz CT molecular complexity index is 518. The molecule has 4 bridgehead atoms. The lowest BCUT2D eigenvalue weighted by Crippen LogP contribution is -2.58. The van der Waals surface area contributed by atoms with Crippen molar-refractivity contribution in [1.82, 2.24) is 0 Å². The Balaban J connectivity index is 1.85. The minimum absolute atomic E-state index is 0.206. The van der Waals surface area contributed by atoms with Gasteiger partial charge in [-0.2, -0.15) is 0 Å². The highest BCUT2D eigenvalue weighted by molar-refractivity contribution is 7.18. The smallest absolute Gasteiger partial charge is 0.0202 e. The zero-order valence-corrected chi connectivity index (χ0v) is 15.6. The van der Waals surface area contributed by atoms with Gasteiger partial charge in [-0.1, -0.05) is 51.1 Å². The van der Waals surface area contributed by atoms with E-state index in [2.05, 4.69) is 60.3 Å². The number of rotatable bonds is 2. The van der Waals surface area contributed by atoms with Gasteiger partial charge in [-0.05, 0) is 72.7 Å². The van der Waals surface area contributed by atoms with E-state index < -0.39 is 0 Å². The Morgan fingerprint density at radius 1 is 0.864 bits per heavy atom. The van der Waals surface area contributed by atoms with Gasteiger partial charge in [-0.25, -0.2) is 0 Å². The maximum atomic E-state index is 3.40. The zero-order valence-electron chi connectivity index (χ0n) is 14.4. The molecular formula is C21H31P. The van der Waals surface area contributed by atoms with Crippen LogP contribution in [-0.2, 0) is 5.16 Å². The maximum Gasteiger partial charge on any atom is 0.0202 e. The van der Waals surface area contributed by atoms with Gasteiger partial charge in [0, 0.05) is 5.16 Å². The molecule has 4 aliphatic carbocycles. The summed E-state index contributed by atoms with van der Waals surface area (Å²) in [6.07, 6.45) is 8.98. The molecular weight excluding hydrogens is 283 g/mol. The summed E-state index contributed by atoms with van der Waals surface area (Å²) in [5, 5.41) is 0.206. The molecule has 2 unspecified atom stereocenters. The van der Waals surface area contributed by atoms with Crippen LogP contribution in [0.3, 0.4) is 0 Å². The largest absolute Gasteiger partial charge is 0.125 e. The van der Waals surface area contributed by atoms with Crippen LogP contribution < -0.4 is 0 Å². The van der Waals surface area contributed by atoms with E-state index in [4.69, 9.17) is 0 Å². The third-order valence-electron chi connectivity index (χ3n) is 7.29. The summed E-state index contributed by atoms with van der Waals surface area (Å²) < 4.78 is 0. The third kappa shape index (κ3) is 1.99. The van der Waals surface area contributed by atoms with E-state index in [-0.39, 0.29) is 10.6 Å². The van der Waals surface area contributed by atoms with Gasteiger partial charge in [-0.3, -0.25) is 0 Å². The topological polar surface area (TPSA) is 0 Å². The van der Waals surface area contributed by atoms with Gasteiger partial charge in [0.05, 0.1) is 0 Å². The van der Waals surface area contributed by atoms with Crippen molar-refractivity contribution in [2.75, 3.05) is 0 Å². The van der Waals surface area contributed by atoms with Crippen LogP contribution >= 0.6 is 9.24 Å². The summed E-state index contributed by atoms with van der Waals surface area (Å²) in [5.74, 6) is 3.03. The molecule has 120 valence electrons. The van der Waals surface area contributed by atoms with Crippen LogP contribution in [0.25, 0.3) is 0 Å². The quantitative estimate of drug-likeness (QED) is 0.586. The van der Waals surface area contributed by atoms with E-state index in [0.717, 1.165) is 17.8 Å². The molecule has 5 rings (SSSR count). The van der Waals surface area contributed by atoms with E-state index in [0.29, 0.717) is 5.41 Å². The molecule has 1 aromatic carbocycles. The highest BCUT2D eigenvalue weighted by atomic mass is 31.0. The normalized spacial score (nSPS) is 39.7. The second kappa shape index (κ2) is 4.83. The first-order valence-corrected chi connectivity index (χ1v) is 9.76. The molecule has 0 saturated heterocycles. The molecule has 0 N–H and O–H groups in total. The molecule has 0 nitrogen and oxygen atoms in total. The molecule has 1 aromatic rings. The lowest BCUT2D eigenvalue weighted by molar-refractivity contribution is -0.100. The number of hydrogen-bond donors (Lipinski definition) is 0. The van der Waals surface area contributed by atoms with Crippen LogP contribution in [-0.4, -0.2) is 0 Å². The fourth-order valence-corrected chi connectivity index (χ4v) is 7.38. The highest BCUT2D eigenvalue weighted by Gasteiger charge is 2.62. The minimum Gasteiger partial charge on any atom is -0.125 e. The SMILES string of the molecule is CC(C)(C)C(P)(c1ccccc1)C12CC3CC(CC(C3)C1)C2. The van der Waals surface area contributed by atoms with E-state index >= 15 is 0 Å². The van der Waals surface area contributed by atoms with Gasteiger partial charge < -0.3 is 0 Å². The van der Waals surface area contributed by atoms with Crippen LogP contribution in [0.5, 0.6) is 0 Å². The van der Waals surface area contributed by atoms with Gasteiger partial charge in [0.15, 0.2) is 0 Å². The van der Waals surface area contributed by atoms with Crippen molar-refractivity contribution in [2.45, 2.75) is 64.5 Å². The van der Waals surface area contributed by atoms with E-state index in [1.165, 1.54) is 38.5 Å². The summed E-state index contributed by atoms with van der Waals surface area (Å²) in [6, 6.07) is 11.4. The van der Waals surface area contributed by atoms with Gasteiger partial charge in [0.25, 0.3) is 0 Å². The molecule has 4 fully saturated rings. The highest BCUT2D eigenvalue weighted by Crippen LogP contribution is 2.71. The first-order valence-electron chi connectivity index (χ1n) is 9.18. The van der Waals surface area contributed by atoms with Crippen LogP contribution in [0, 0.1) is 28.6 Å². The summed E-state index contributed by atoms with van der Waals surface area (Å²) in [7, 11) is 3.40. The van der Waals surface area contributed by atoms with Crippen molar-refractivity contribution in [3.63, 3.8) is 0 Å². The van der Waals surface area contributed by atoms with E-state index in [1.54, 1.807) is 5.56 Å². The Kier molecular flexibility index (Phi) is 3.33. The van der Waals surface area contributed by atoms with E-state index in [1.807, 2.05) is 0 Å². The Morgan fingerprint density at radius 3 is 1.73 bits per heavy atom. The van der Waals surface area contributed by atoms with Crippen molar-refractivity contribution in [2.24, 2.45) is 28.6 Å². The molecule has 4 aliphatic rings. The summed E-state index contributed by atoms with van der Waals surface area (Å²) in [6.45, 7) is 7.39. The summed E-state index contributed by atoms with van der Waals surface area (Å²) >= 11 is 0. The molecule has 22 heavy (non-hydrogen) atoms. The Labute approximate surface area is 138 Å². The minimum atomic E-state index is 0.206. The first kappa shape index (κ1) is 15.2. The molecule has 0 radical (unpaired) electrons. The van der Waals surface area contributed by atoms with E-state index in [9.17, 15) is 0 Å². The average Bonchev–Trinajstić information content (AvgIpc) is 2.44. The molecule has 0 heterocycles. The third-order valence-corrected chi connectivity index (χ3v) is 9.10. The lowest BCUT2D eigenvalue weighted by atomic mass is 9.42. The maximum absolute atomic E-state index is 3.40. The van der Waals surface area contributed by atoms with Crippen LogP contribution in [0.2, 0.25) is 0 Å². The molecule has 4 saturated carbocycles. The van der Waals surface area contributed by atoms with Gasteiger partial charge in [0.1, 0.15) is 0 Å². The van der Waals surface area contributed by atoms with Crippen LogP contribution in [0.15, 0.2) is 30.3 Å². The molecule has 0 aromatic heterocycles. The standard InChI is InChI=1S/C21H31P/c1-19(2,3)21(22,18-7-5-4-6-8-18)20-12-15-9-16(13-20)11-17(10-15)14-20/h4-8,15-17H,9-14,22H2,1-3H3. The van der Waals surface area contributed by atoms with Crippen molar-refractivity contribution in [3.8, 4) is 0 Å². The molecule has 1 heteroatoms. The summed E-state index contributed by atoms with van der Waals surface area (Å²) in [5.41, 5.74) is 2.32. The number of benzene rings is 1. The predicted octanol–water partition coefficient (Wildman–Crippen LogP) is 6.02. The molecule has 0 spiro atoms. The monoisotopic (exact) mass is 314 g/mol. The lowest BCUT2D eigenvalue weighted by Gasteiger charge is -2.66. The Morgan fingerprint density at radius 2 is 1.32 bits per heavy atom. The van der Waals surface area contributed by atoms with Crippen molar-refractivity contribution in [1.29, 1.82) is 0 Å². The van der Waals surface area contributed by atoms with Crippen molar-refractivity contribution in [3.05, 3.63) is 35.9 Å². The van der Waals surface area contributed by atoms with Crippen molar-refractivity contribution < 1.29 is 0 Å². The van der Waals surface area contributed by atoms with Gasteiger partial charge >= 0.3 is 0 Å².